The Bertz CT molecular complexity index is 63.4. The molecule has 0 aromatic heterocycles. The SMILES string of the molecule is BrCC1COCCN1. The number of hydrogen-bond acceptors (Lipinski definition) is 2. The minimum Gasteiger partial charge on any atom is -0.378 e. The van der Waals surface area contributed by atoms with Gasteiger partial charge in [0, 0.05) is 17.9 Å². The van der Waals surface area contributed by atoms with E-state index < -0.39 is 0 Å². The van der Waals surface area contributed by atoms with Gasteiger partial charge in [0.05, 0.1) is 13.2 Å². The maximum atomic E-state index is 5.18. The highest BCUT2D eigenvalue weighted by Crippen LogP contribution is 1.95. The Kier molecular flexibility index (Phi) is 2.80. The van der Waals surface area contributed by atoms with E-state index in [9.17, 15) is 0 Å². The third-order valence-corrected chi connectivity index (χ3v) is 1.97. The van der Waals surface area contributed by atoms with E-state index in [4.69, 9.17) is 4.74 Å². The lowest BCUT2D eigenvalue weighted by atomic mass is 10.3. The van der Waals surface area contributed by atoms with Crippen molar-refractivity contribution in [2.75, 3.05) is 25.1 Å². The molecule has 0 bridgehead atoms. The largest absolute Gasteiger partial charge is 0.378 e. The Labute approximate surface area is 57.7 Å². The molecule has 0 aromatic carbocycles. The molecule has 0 amide bonds. The van der Waals surface area contributed by atoms with Crippen LogP contribution in [0, 0.1) is 0 Å². The van der Waals surface area contributed by atoms with Gasteiger partial charge >= 0.3 is 0 Å². The predicted molar refractivity (Wildman–Crippen MR) is 36.4 cm³/mol. The quantitative estimate of drug-likeness (QED) is 0.588. The lowest BCUT2D eigenvalue weighted by Crippen LogP contribution is -2.42. The van der Waals surface area contributed by atoms with Crippen molar-refractivity contribution in [3.05, 3.63) is 0 Å². The summed E-state index contributed by atoms with van der Waals surface area (Å²) in [5, 5.41) is 4.29. The molecule has 0 aliphatic carbocycles. The van der Waals surface area contributed by atoms with Crippen molar-refractivity contribution >= 4 is 15.9 Å². The zero-order valence-corrected chi connectivity index (χ0v) is 6.28. The van der Waals surface area contributed by atoms with Gasteiger partial charge in [0.25, 0.3) is 0 Å². The van der Waals surface area contributed by atoms with E-state index in [-0.39, 0.29) is 0 Å². The molecule has 1 fully saturated rings. The van der Waals surface area contributed by atoms with Gasteiger partial charge in [-0.15, -0.1) is 0 Å². The van der Waals surface area contributed by atoms with Crippen LogP contribution < -0.4 is 5.32 Å². The maximum absolute atomic E-state index is 5.18. The second kappa shape index (κ2) is 3.43. The van der Waals surface area contributed by atoms with E-state index in [1.54, 1.807) is 0 Å². The van der Waals surface area contributed by atoms with Gasteiger partial charge in [-0.2, -0.15) is 0 Å². The Balaban J connectivity index is 2.13. The molecule has 1 heterocycles. The number of alkyl halides is 1. The summed E-state index contributed by atoms with van der Waals surface area (Å²) in [6.07, 6.45) is 0. The van der Waals surface area contributed by atoms with Gasteiger partial charge in [-0.3, -0.25) is 0 Å². The molecule has 1 rings (SSSR count). The van der Waals surface area contributed by atoms with Crippen LogP contribution in [-0.4, -0.2) is 31.1 Å². The minimum atomic E-state index is 0.531. The summed E-state index contributed by atoms with van der Waals surface area (Å²) in [7, 11) is 0. The number of morpholine rings is 1. The fourth-order valence-corrected chi connectivity index (χ4v) is 1.13. The minimum absolute atomic E-state index is 0.531. The van der Waals surface area contributed by atoms with Crippen molar-refractivity contribution in [2.24, 2.45) is 0 Å². The first-order chi connectivity index (χ1) is 3.93. The van der Waals surface area contributed by atoms with E-state index in [0.29, 0.717) is 6.04 Å². The zero-order chi connectivity index (χ0) is 5.82. The highest BCUT2D eigenvalue weighted by atomic mass is 79.9. The second-order valence-electron chi connectivity index (χ2n) is 1.88. The summed E-state index contributed by atoms with van der Waals surface area (Å²) in [5.74, 6) is 0. The molecule has 8 heavy (non-hydrogen) atoms. The summed E-state index contributed by atoms with van der Waals surface area (Å²) in [6.45, 7) is 2.71. The molecular formula is C5H10BrNO. The Morgan fingerprint density at radius 2 is 2.62 bits per heavy atom. The van der Waals surface area contributed by atoms with Gasteiger partial charge in [0.1, 0.15) is 0 Å². The standard InChI is InChI=1S/C5H10BrNO/c6-3-5-4-8-2-1-7-5/h5,7H,1-4H2. The molecule has 3 heteroatoms. The molecule has 1 N–H and O–H groups in total. The van der Waals surface area contributed by atoms with Crippen LogP contribution in [0.25, 0.3) is 0 Å². The predicted octanol–water partition coefficient (Wildman–Crippen LogP) is 0.370. The number of hydrogen-bond donors (Lipinski definition) is 1. The van der Waals surface area contributed by atoms with Crippen LogP contribution in [0.4, 0.5) is 0 Å². The highest BCUT2D eigenvalue weighted by Gasteiger charge is 2.09. The van der Waals surface area contributed by atoms with Crippen LogP contribution in [0.1, 0.15) is 0 Å². The summed E-state index contributed by atoms with van der Waals surface area (Å²) < 4.78 is 5.18. The Morgan fingerprint density at radius 3 is 3.00 bits per heavy atom. The summed E-state index contributed by atoms with van der Waals surface area (Å²) in [4.78, 5) is 0. The second-order valence-corrected chi connectivity index (χ2v) is 2.53. The molecule has 0 spiro atoms. The van der Waals surface area contributed by atoms with Gasteiger partial charge in [0.15, 0.2) is 0 Å². The molecule has 0 radical (unpaired) electrons. The lowest BCUT2D eigenvalue weighted by Gasteiger charge is -2.21. The highest BCUT2D eigenvalue weighted by molar-refractivity contribution is 9.09. The van der Waals surface area contributed by atoms with Gasteiger partial charge < -0.3 is 10.1 Å². The zero-order valence-electron chi connectivity index (χ0n) is 4.69. The average molecular weight is 180 g/mol. The van der Waals surface area contributed by atoms with E-state index >= 15 is 0 Å². The van der Waals surface area contributed by atoms with E-state index in [1.807, 2.05) is 0 Å². The first-order valence-electron chi connectivity index (χ1n) is 2.80. The van der Waals surface area contributed by atoms with Gasteiger partial charge in [-0.05, 0) is 0 Å². The van der Waals surface area contributed by atoms with E-state index in [2.05, 4.69) is 21.2 Å². The van der Waals surface area contributed by atoms with Crippen LogP contribution in [0.3, 0.4) is 0 Å². The van der Waals surface area contributed by atoms with Crippen molar-refractivity contribution in [2.45, 2.75) is 6.04 Å². The third kappa shape index (κ3) is 1.73. The number of rotatable bonds is 1. The van der Waals surface area contributed by atoms with Crippen molar-refractivity contribution < 1.29 is 4.74 Å². The van der Waals surface area contributed by atoms with E-state index in [1.165, 1.54) is 0 Å². The van der Waals surface area contributed by atoms with E-state index in [0.717, 1.165) is 25.1 Å². The Hall–Kier alpha value is 0.400. The van der Waals surface area contributed by atoms with Crippen molar-refractivity contribution in [3.63, 3.8) is 0 Å². The van der Waals surface area contributed by atoms with Gasteiger partial charge in [-0.1, -0.05) is 15.9 Å². The molecule has 1 aliphatic heterocycles. The Morgan fingerprint density at radius 1 is 1.75 bits per heavy atom. The molecule has 1 atom stereocenters. The van der Waals surface area contributed by atoms with Crippen molar-refractivity contribution in [3.8, 4) is 0 Å². The van der Waals surface area contributed by atoms with Crippen LogP contribution in [-0.2, 0) is 4.74 Å². The molecular weight excluding hydrogens is 170 g/mol. The van der Waals surface area contributed by atoms with Gasteiger partial charge in [-0.25, -0.2) is 0 Å². The first-order valence-corrected chi connectivity index (χ1v) is 3.92. The first kappa shape index (κ1) is 6.52. The molecule has 0 saturated carbocycles. The van der Waals surface area contributed by atoms with Crippen LogP contribution in [0.15, 0.2) is 0 Å². The van der Waals surface area contributed by atoms with Crippen molar-refractivity contribution in [1.29, 1.82) is 0 Å². The topological polar surface area (TPSA) is 21.3 Å². The molecule has 1 aliphatic rings. The summed E-state index contributed by atoms with van der Waals surface area (Å²) >= 11 is 3.37. The number of nitrogens with one attached hydrogen (secondary N) is 1. The molecule has 0 aromatic rings. The lowest BCUT2D eigenvalue weighted by molar-refractivity contribution is 0.0841. The smallest absolute Gasteiger partial charge is 0.0628 e. The molecule has 2 nitrogen and oxygen atoms in total. The maximum Gasteiger partial charge on any atom is 0.0628 e. The van der Waals surface area contributed by atoms with Crippen LogP contribution in [0.2, 0.25) is 0 Å². The summed E-state index contributed by atoms with van der Waals surface area (Å²) in [5.41, 5.74) is 0. The summed E-state index contributed by atoms with van der Waals surface area (Å²) in [6, 6.07) is 0.531. The number of ether oxygens (including phenoxy) is 1. The fourth-order valence-electron chi connectivity index (χ4n) is 0.719. The normalized spacial score (nSPS) is 30.4. The molecule has 48 valence electrons. The monoisotopic (exact) mass is 179 g/mol. The average Bonchev–Trinajstić information content (AvgIpc) is 1.90. The molecule has 1 unspecified atom stereocenters. The third-order valence-electron chi connectivity index (χ3n) is 1.18. The fraction of sp³-hybridized carbons (Fsp3) is 1.00. The van der Waals surface area contributed by atoms with Crippen molar-refractivity contribution in [1.82, 2.24) is 5.32 Å². The number of halogens is 1. The molecule has 1 saturated heterocycles. The van der Waals surface area contributed by atoms with Crippen LogP contribution in [0.5, 0.6) is 0 Å². The van der Waals surface area contributed by atoms with Gasteiger partial charge in [0.2, 0.25) is 0 Å². The van der Waals surface area contributed by atoms with Crippen LogP contribution >= 0.6 is 15.9 Å².